The van der Waals surface area contributed by atoms with Gasteiger partial charge in [-0.25, -0.2) is 10.9 Å². The fourth-order valence-electron chi connectivity index (χ4n) is 11.4. The van der Waals surface area contributed by atoms with Crippen LogP contribution in [0.2, 0.25) is 0 Å². The predicted octanol–water partition coefficient (Wildman–Crippen LogP) is 21.5. The number of benzene rings is 9. The summed E-state index contributed by atoms with van der Waals surface area (Å²) in [4.78, 5) is 0. The smallest absolute Gasteiger partial charge is 0.120 e. The molecule has 1 aliphatic heterocycles. The van der Waals surface area contributed by atoms with Crippen molar-refractivity contribution in [1.29, 1.82) is 0 Å². The van der Waals surface area contributed by atoms with Gasteiger partial charge in [-0.15, -0.1) is 0 Å². The van der Waals surface area contributed by atoms with Crippen LogP contribution in [0.4, 0.5) is 11.4 Å². The zero-order chi connectivity index (χ0) is 60.3. The third-order valence-electron chi connectivity index (χ3n) is 17.1. The van der Waals surface area contributed by atoms with Gasteiger partial charge in [0, 0.05) is 0 Å². The van der Waals surface area contributed by atoms with Crippen molar-refractivity contribution < 1.29 is 0 Å². The number of hydrazine groups is 2. The molecule has 4 nitrogen and oxygen atoms in total. The predicted molar refractivity (Wildman–Crippen MR) is 363 cm³/mol. The van der Waals surface area contributed by atoms with E-state index < -0.39 is 0 Å². The second-order valence-corrected chi connectivity index (χ2v) is 30.0. The highest BCUT2D eigenvalue weighted by atomic mass is 15.7. The van der Waals surface area contributed by atoms with Crippen LogP contribution in [-0.4, -0.2) is 6.67 Å². The number of rotatable bonds is 9. The van der Waals surface area contributed by atoms with Gasteiger partial charge in [0.1, 0.15) is 12.8 Å². The molecule has 0 aliphatic carbocycles. The number of hydrogen-bond donors (Lipinski definition) is 2. The van der Waals surface area contributed by atoms with Crippen molar-refractivity contribution in [3.05, 3.63) is 239 Å². The molecular weight excluding hydrogens is 1020 g/mol. The van der Waals surface area contributed by atoms with Crippen LogP contribution in [-0.2, 0) is 32.5 Å². The molecular formula is C80H92N4. The molecule has 0 amide bonds. The quantitative estimate of drug-likeness (QED) is 0.151. The fourth-order valence-corrected chi connectivity index (χ4v) is 11.4. The molecule has 0 bridgehead atoms. The van der Waals surface area contributed by atoms with Gasteiger partial charge in [0.25, 0.3) is 0 Å². The first-order valence-electron chi connectivity index (χ1n) is 30.5. The van der Waals surface area contributed by atoms with E-state index in [9.17, 15) is 0 Å². The van der Waals surface area contributed by atoms with Crippen LogP contribution >= 0.6 is 0 Å². The van der Waals surface area contributed by atoms with Crippen LogP contribution in [0, 0.1) is 0 Å². The summed E-state index contributed by atoms with van der Waals surface area (Å²) in [6, 6.07) is 76.6. The lowest BCUT2D eigenvalue weighted by molar-refractivity contribution is 0.349. The lowest BCUT2D eigenvalue weighted by Crippen LogP contribution is -2.62. The van der Waals surface area contributed by atoms with Crippen molar-refractivity contribution in [1.82, 2.24) is 10.9 Å². The van der Waals surface area contributed by atoms with Gasteiger partial charge in [0.15, 0.2) is 0 Å². The molecule has 9 aromatic rings. The monoisotopic (exact) mass is 1110 g/mol. The Morgan fingerprint density at radius 2 is 0.417 bits per heavy atom. The molecule has 432 valence electrons. The van der Waals surface area contributed by atoms with Gasteiger partial charge in [-0.3, -0.25) is 10.0 Å². The minimum atomic E-state index is -0.367. The Balaban J connectivity index is 1.18. The van der Waals surface area contributed by atoms with E-state index in [0.717, 1.165) is 39.2 Å². The summed E-state index contributed by atoms with van der Waals surface area (Å²) in [5.41, 5.74) is 33.7. The van der Waals surface area contributed by atoms with Crippen LogP contribution in [0.25, 0.3) is 66.8 Å². The molecule has 2 N–H and O–H groups in total. The highest BCUT2D eigenvalue weighted by molar-refractivity contribution is 5.82. The van der Waals surface area contributed by atoms with Crippen LogP contribution in [0.3, 0.4) is 0 Å². The van der Waals surface area contributed by atoms with E-state index in [1.807, 2.05) is 0 Å². The van der Waals surface area contributed by atoms with E-state index in [4.69, 9.17) is 0 Å². The Hall–Kier alpha value is -7.50. The molecule has 0 aromatic heterocycles. The number of nitrogens with zero attached hydrogens (tertiary/aromatic N) is 2. The second kappa shape index (κ2) is 22.5. The third-order valence-corrected chi connectivity index (χ3v) is 17.1. The summed E-state index contributed by atoms with van der Waals surface area (Å²) >= 11 is 0. The lowest BCUT2D eigenvalue weighted by atomic mass is 9.85. The van der Waals surface area contributed by atoms with Gasteiger partial charge in [0.05, 0.1) is 11.4 Å². The molecule has 1 fully saturated rings. The Morgan fingerprint density at radius 3 is 0.595 bits per heavy atom. The first-order chi connectivity index (χ1) is 39.3. The van der Waals surface area contributed by atoms with Crippen LogP contribution in [0.1, 0.15) is 170 Å². The molecule has 1 heterocycles. The lowest BCUT2D eigenvalue weighted by Gasteiger charge is -2.44. The Kier molecular flexibility index (Phi) is 16.0. The van der Waals surface area contributed by atoms with Crippen LogP contribution in [0.15, 0.2) is 200 Å². The maximum atomic E-state index is 4.13. The van der Waals surface area contributed by atoms with Crippen molar-refractivity contribution in [2.45, 2.75) is 163 Å². The summed E-state index contributed by atoms with van der Waals surface area (Å²) in [5, 5.41) is 4.73. The number of anilines is 2. The zero-order valence-electron chi connectivity index (χ0n) is 53.7. The highest BCUT2D eigenvalue weighted by Gasteiger charge is 2.30. The molecule has 0 atom stereocenters. The fraction of sp³-hybridized carbons (Fsp3) is 0.325. The molecule has 84 heavy (non-hydrogen) atoms. The zero-order valence-corrected chi connectivity index (χ0v) is 53.7. The minimum Gasteiger partial charge on any atom is -0.286 e. The Bertz CT molecular complexity index is 3110. The largest absolute Gasteiger partial charge is 0.286 e. The number of hydrogen-bond acceptors (Lipinski definition) is 4. The van der Waals surface area contributed by atoms with Gasteiger partial charge < -0.3 is 0 Å². The molecule has 10 rings (SSSR count). The van der Waals surface area contributed by atoms with Gasteiger partial charge in [-0.2, -0.15) is 0 Å². The maximum Gasteiger partial charge on any atom is 0.120 e. The molecule has 0 unspecified atom stereocenters. The molecule has 4 heteroatoms. The van der Waals surface area contributed by atoms with Crippen molar-refractivity contribution in [3.63, 3.8) is 0 Å². The molecule has 0 saturated carbocycles. The standard InChI is InChI=1S/C80H92N4/c1-75(2,3)66-31-19-53(20-32-66)59-43-60(54-21-33-67(34-22-54)76(4,5)6)47-65(46-59)74-81-83(72-48-61(55-23-35-68(36-24-55)77(7,8)9)44-62(49-72)56-25-37-69(38-26-56)78(10,11)12)52-84(82-74)73-50-63(57-27-39-70(40-28-57)79(13,14)15)45-64(51-73)58-29-41-71(42-30-58)80(16,17)18/h19-51,74,81-82H,52H2,1-18H3. The van der Waals surface area contributed by atoms with Crippen LogP contribution < -0.4 is 20.9 Å². The van der Waals surface area contributed by atoms with Gasteiger partial charge >= 0.3 is 0 Å². The molecule has 1 saturated heterocycles. The minimum absolute atomic E-state index is 0.0367. The van der Waals surface area contributed by atoms with Crippen molar-refractivity contribution in [2.75, 3.05) is 16.7 Å². The highest BCUT2D eigenvalue weighted by Crippen LogP contribution is 2.41. The number of nitrogens with one attached hydrogen (secondary N) is 2. The molecule has 0 spiro atoms. The maximum absolute atomic E-state index is 4.13. The van der Waals surface area contributed by atoms with Crippen molar-refractivity contribution in [3.8, 4) is 66.8 Å². The summed E-state index contributed by atoms with van der Waals surface area (Å²) in [5.74, 6) is 0. The second-order valence-electron chi connectivity index (χ2n) is 30.0. The van der Waals surface area contributed by atoms with Gasteiger partial charge in [0.2, 0.25) is 0 Å². The molecule has 0 radical (unpaired) electrons. The van der Waals surface area contributed by atoms with E-state index >= 15 is 0 Å². The summed E-state index contributed by atoms with van der Waals surface area (Å²) in [6.45, 7) is 41.6. The summed E-state index contributed by atoms with van der Waals surface area (Å²) < 4.78 is 0. The average molecular weight is 1110 g/mol. The van der Waals surface area contributed by atoms with E-state index in [1.165, 1.54) is 77.9 Å². The SMILES string of the molecule is CC(C)(C)c1ccc(-c2cc(-c3ccc(C(C)(C)C)cc3)cc(C3NN(c4cc(-c5ccc(C(C)(C)C)cc5)cc(-c5ccc(C(C)(C)C)cc5)c4)CN(c4cc(-c5ccc(C(C)(C)C)cc5)cc(-c5ccc(C(C)(C)C)cc5)c4)N3)c2)cc1. The third kappa shape index (κ3) is 13.5. The van der Waals surface area contributed by atoms with Gasteiger partial charge in [-0.05, 0) is 193 Å². The average Bonchev–Trinajstić information content (AvgIpc) is 2.99. The summed E-state index contributed by atoms with van der Waals surface area (Å²) in [6.07, 6.45) is -0.367. The first kappa shape index (κ1) is 59.7. The van der Waals surface area contributed by atoms with Crippen LogP contribution in [0.5, 0.6) is 0 Å². The van der Waals surface area contributed by atoms with Gasteiger partial charge in [-0.1, -0.05) is 270 Å². The Labute approximate surface area is 505 Å². The first-order valence-corrected chi connectivity index (χ1v) is 30.5. The van der Waals surface area contributed by atoms with Crippen molar-refractivity contribution in [2.24, 2.45) is 0 Å². The topological polar surface area (TPSA) is 30.5 Å². The normalized spacial score (nSPS) is 14.1. The van der Waals surface area contributed by atoms with E-state index in [2.05, 4.69) is 346 Å². The molecule has 1 aliphatic rings. The molecule has 9 aromatic carbocycles. The van der Waals surface area contributed by atoms with Crippen molar-refractivity contribution >= 4 is 11.4 Å². The van der Waals surface area contributed by atoms with E-state index in [1.54, 1.807) is 0 Å². The van der Waals surface area contributed by atoms with E-state index in [0.29, 0.717) is 6.67 Å². The summed E-state index contributed by atoms with van der Waals surface area (Å²) in [7, 11) is 0. The Morgan fingerprint density at radius 1 is 0.238 bits per heavy atom. The van der Waals surface area contributed by atoms with E-state index in [-0.39, 0.29) is 38.7 Å².